The van der Waals surface area contributed by atoms with Crippen molar-refractivity contribution in [1.29, 1.82) is 0 Å². The first-order valence-electron chi connectivity index (χ1n) is 6.97. The van der Waals surface area contributed by atoms with E-state index < -0.39 is 0 Å². The van der Waals surface area contributed by atoms with Crippen molar-refractivity contribution in [3.05, 3.63) is 39.4 Å². The van der Waals surface area contributed by atoms with Crippen LogP contribution in [0, 0.1) is 23.0 Å². The second kappa shape index (κ2) is 7.36. The molecule has 5 nitrogen and oxygen atoms in total. The van der Waals surface area contributed by atoms with Gasteiger partial charge in [0.1, 0.15) is 0 Å². The molecule has 0 amide bonds. The van der Waals surface area contributed by atoms with Crippen LogP contribution in [-0.4, -0.2) is 22.7 Å². The Kier molecular flexibility index (Phi) is 6.10. The molecule has 0 spiro atoms. The fraction of sp³-hybridized carbons (Fsp3) is 0.600. The average Bonchev–Trinajstić information content (AvgIpc) is 2.35. The number of hydrogen-bond donors (Lipinski definition) is 2. The number of benzene rings is 1. The third kappa shape index (κ3) is 4.90. The molecule has 0 aromatic heterocycles. The summed E-state index contributed by atoms with van der Waals surface area (Å²) in [5.41, 5.74) is 1.74. The van der Waals surface area contributed by atoms with Crippen LogP contribution >= 0.6 is 0 Å². The largest absolute Gasteiger partial charge is 0.393 e. The predicted octanol–water partition coefficient (Wildman–Crippen LogP) is 2.96. The normalized spacial score (nSPS) is 15.7. The SMILES string of the molecule is Cc1ccc(C(C)NCC(C)CC(C)O)cc1[N+](=O)[O-]. The van der Waals surface area contributed by atoms with E-state index in [1.54, 1.807) is 26.0 Å². The number of nitro groups is 1. The Bertz CT molecular complexity index is 460. The quantitative estimate of drug-likeness (QED) is 0.594. The standard InChI is InChI=1S/C15H24N2O3/c1-10(7-12(3)18)9-16-13(4)14-6-5-11(2)15(8-14)17(19)20/h5-6,8,10,12-13,16,18H,7,9H2,1-4H3. The van der Waals surface area contributed by atoms with Gasteiger partial charge in [0.05, 0.1) is 11.0 Å². The van der Waals surface area contributed by atoms with E-state index in [2.05, 4.69) is 12.2 Å². The molecular formula is C15H24N2O3. The lowest BCUT2D eigenvalue weighted by Gasteiger charge is -2.19. The number of aliphatic hydroxyl groups excluding tert-OH is 1. The molecule has 3 unspecified atom stereocenters. The average molecular weight is 280 g/mol. The minimum Gasteiger partial charge on any atom is -0.393 e. The Morgan fingerprint density at radius 1 is 1.35 bits per heavy atom. The van der Waals surface area contributed by atoms with E-state index in [1.807, 2.05) is 13.0 Å². The molecule has 0 heterocycles. The third-order valence-electron chi connectivity index (χ3n) is 3.45. The summed E-state index contributed by atoms with van der Waals surface area (Å²) in [6.45, 7) is 8.36. The lowest BCUT2D eigenvalue weighted by molar-refractivity contribution is -0.385. The maximum atomic E-state index is 10.9. The summed E-state index contributed by atoms with van der Waals surface area (Å²) in [4.78, 5) is 10.6. The van der Waals surface area contributed by atoms with Crippen LogP contribution in [0.3, 0.4) is 0 Å². The molecule has 1 aromatic carbocycles. The van der Waals surface area contributed by atoms with Crippen molar-refractivity contribution >= 4 is 5.69 Å². The first kappa shape index (κ1) is 16.6. The van der Waals surface area contributed by atoms with Gasteiger partial charge in [0.2, 0.25) is 0 Å². The smallest absolute Gasteiger partial charge is 0.272 e. The van der Waals surface area contributed by atoms with Gasteiger partial charge in [0.15, 0.2) is 0 Å². The number of hydrogen-bond acceptors (Lipinski definition) is 4. The molecule has 0 aliphatic heterocycles. The Morgan fingerprint density at radius 3 is 2.55 bits per heavy atom. The second-order valence-corrected chi connectivity index (χ2v) is 5.62. The maximum Gasteiger partial charge on any atom is 0.272 e. The summed E-state index contributed by atoms with van der Waals surface area (Å²) in [6.07, 6.45) is 0.441. The third-order valence-corrected chi connectivity index (χ3v) is 3.45. The lowest BCUT2D eigenvalue weighted by Crippen LogP contribution is -2.26. The van der Waals surface area contributed by atoms with Crippen LogP contribution in [0.5, 0.6) is 0 Å². The highest BCUT2D eigenvalue weighted by molar-refractivity contribution is 5.43. The molecule has 0 bridgehead atoms. The van der Waals surface area contributed by atoms with E-state index in [0.29, 0.717) is 11.5 Å². The maximum absolute atomic E-state index is 10.9. The minimum absolute atomic E-state index is 0.0470. The molecule has 0 radical (unpaired) electrons. The summed E-state index contributed by atoms with van der Waals surface area (Å²) in [6, 6.07) is 5.38. The molecule has 3 atom stereocenters. The van der Waals surface area contributed by atoms with Crippen molar-refractivity contribution < 1.29 is 10.0 Å². The van der Waals surface area contributed by atoms with Crippen LogP contribution in [0.15, 0.2) is 18.2 Å². The number of nitrogens with one attached hydrogen (secondary N) is 1. The molecule has 0 aliphatic rings. The van der Waals surface area contributed by atoms with Gasteiger partial charge in [-0.2, -0.15) is 0 Å². The van der Waals surface area contributed by atoms with Crippen LogP contribution in [0.1, 0.15) is 44.4 Å². The van der Waals surface area contributed by atoms with Crippen molar-refractivity contribution in [2.75, 3.05) is 6.54 Å². The molecular weight excluding hydrogens is 256 g/mol. The number of nitro benzene ring substituents is 1. The van der Waals surface area contributed by atoms with Gasteiger partial charge in [-0.05, 0) is 45.2 Å². The van der Waals surface area contributed by atoms with E-state index in [1.165, 1.54) is 0 Å². The summed E-state index contributed by atoms with van der Waals surface area (Å²) in [7, 11) is 0. The zero-order valence-electron chi connectivity index (χ0n) is 12.6. The molecule has 1 rings (SSSR count). The van der Waals surface area contributed by atoms with Gasteiger partial charge in [-0.25, -0.2) is 0 Å². The lowest BCUT2D eigenvalue weighted by atomic mass is 10.0. The highest BCUT2D eigenvalue weighted by Gasteiger charge is 2.15. The van der Waals surface area contributed by atoms with Crippen LogP contribution in [-0.2, 0) is 0 Å². The molecule has 2 N–H and O–H groups in total. The van der Waals surface area contributed by atoms with Crippen LogP contribution in [0.2, 0.25) is 0 Å². The number of aryl methyl sites for hydroxylation is 1. The number of nitrogens with zero attached hydrogens (tertiary/aromatic N) is 1. The Labute approximate surface area is 120 Å². The molecule has 0 aliphatic carbocycles. The zero-order valence-corrected chi connectivity index (χ0v) is 12.6. The fourth-order valence-corrected chi connectivity index (χ4v) is 2.25. The second-order valence-electron chi connectivity index (χ2n) is 5.62. The van der Waals surface area contributed by atoms with Crippen molar-refractivity contribution in [3.63, 3.8) is 0 Å². The van der Waals surface area contributed by atoms with E-state index in [0.717, 1.165) is 18.5 Å². The Hall–Kier alpha value is -1.46. The monoisotopic (exact) mass is 280 g/mol. The molecule has 0 saturated heterocycles. The van der Waals surface area contributed by atoms with E-state index in [-0.39, 0.29) is 22.8 Å². The van der Waals surface area contributed by atoms with Crippen molar-refractivity contribution in [2.45, 2.75) is 46.3 Å². The van der Waals surface area contributed by atoms with Gasteiger partial charge >= 0.3 is 0 Å². The van der Waals surface area contributed by atoms with Gasteiger partial charge in [0.25, 0.3) is 5.69 Å². The summed E-state index contributed by atoms with van der Waals surface area (Å²) >= 11 is 0. The van der Waals surface area contributed by atoms with E-state index in [4.69, 9.17) is 0 Å². The molecule has 0 fully saturated rings. The first-order valence-corrected chi connectivity index (χ1v) is 6.97. The predicted molar refractivity (Wildman–Crippen MR) is 79.7 cm³/mol. The van der Waals surface area contributed by atoms with Crippen molar-refractivity contribution in [3.8, 4) is 0 Å². The van der Waals surface area contributed by atoms with Gasteiger partial charge in [0, 0.05) is 17.7 Å². The van der Waals surface area contributed by atoms with Gasteiger partial charge in [-0.15, -0.1) is 0 Å². The molecule has 112 valence electrons. The number of rotatable bonds is 7. The molecule has 5 heteroatoms. The van der Waals surface area contributed by atoms with Crippen LogP contribution in [0.25, 0.3) is 0 Å². The highest BCUT2D eigenvalue weighted by atomic mass is 16.6. The topological polar surface area (TPSA) is 75.4 Å². The van der Waals surface area contributed by atoms with Crippen molar-refractivity contribution in [2.24, 2.45) is 5.92 Å². The molecule has 20 heavy (non-hydrogen) atoms. The van der Waals surface area contributed by atoms with Crippen molar-refractivity contribution in [1.82, 2.24) is 5.32 Å². The van der Waals surface area contributed by atoms with E-state index in [9.17, 15) is 15.2 Å². The first-order chi connectivity index (χ1) is 9.31. The summed E-state index contributed by atoms with van der Waals surface area (Å²) in [5, 5.41) is 23.6. The Balaban J connectivity index is 2.66. The highest BCUT2D eigenvalue weighted by Crippen LogP contribution is 2.23. The van der Waals surface area contributed by atoms with Gasteiger partial charge in [-0.3, -0.25) is 10.1 Å². The minimum atomic E-state index is -0.346. The summed E-state index contributed by atoms with van der Waals surface area (Å²) < 4.78 is 0. The molecule has 1 aromatic rings. The van der Waals surface area contributed by atoms with E-state index >= 15 is 0 Å². The summed E-state index contributed by atoms with van der Waals surface area (Å²) in [5.74, 6) is 0.359. The number of aliphatic hydroxyl groups is 1. The van der Waals surface area contributed by atoms with Crippen LogP contribution < -0.4 is 5.32 Å². The zero-order chi connectivity index (χ0) is 15.3. The van der Waals surface area contributed by atoms with Crippen LogP contribution in [0.4, 0.5) is 5.69 Å². The fourth-order valence-electron chi connectivity index (χ4n) is 2.25. The van der Waals surface area contributed by atoms with Gasteiger partial charge in [-0.1, -0.05) is 19.1 Å². The Morgan fingerprint density at radius 2 is 2.00 bits per heavy atom. The van der Waals surface area contributed by atoms with Gasteiger partial charge < -0.3 is 10.4 Å². The molecule has 0 saturated carbocycles.